The molecule has 0 spiro atoms. The second-order valence-electron chi connectivity index (χ2n) is 7.08. The number of aromatic nitrogens is 4. The summed E-state index contributed by atoms with van der Waals surface area (Å²) in [5.41, 5.74) is 6.28. The fraction of sp³-hybridized carbons (Fsp3) is 0. The Hall–Kier alpha value is -3.89. The minimum atomic E-state index is 0.736. The molecule has 4 nitrogen and oxygen atoms in total. The van der Waals surface area contributed by atoms with E-state index in [-0.39, 0.29) is 0 Å². The maximum Gasteiger partial charge on any atom is 0.138 e. The molecule has 2 N–H and O–H groups in total. The van der Waals surface area contributed by atoms with Gasteiger partial charge in [0.15, 0.2) is 0 Å². The molecule has 31 heavy (non-hydrogen) atoms. The smallest absolute Gasteiger partial charge is 0.138 e. The molecular weight excluding hydrogens is 404 g/mol. The monoisotopic (exact) mass is 422 g/mol. The lowest BCUT2D eigenvalue weighted by Crippen LogP contribution is -1.78. The summed E-state index contributed by atoms with van der Waals surface area (Å²) < 4.78 is 0. The lowest BCUT2D eigenvalue weighted by molar-refractivity contribution is 1.34. The SMILES string of the molecule is Clc1ccc(-c2nc3ccccc3[nH]2)cc1.c1ccc(-c2nc3ccccc3[nH]2)cc1. The van der Waals surface area contributed by atoms with E-state index in [1.807, 2.05) is 91.0 Å². The number of aromatic amines is 2. The summed E-state index contributed by atoms with van der Waals surface area (Å²) in [4.78, 5) is 15.6. The van der Waals surface area contributed by atoms with E-state index in [1.54, 1.807) is 0 Å². The molecule has 150 valence electrons. The molecule has 4 aromatic carbocycles. The Morgan fingerprint density at radius 1 is 0.484 bits per heavy atom. The predicted molar refractivity (Wildman–Crippen MR) is 128 cm³/mol. The van der Waals surface area contributed by atoms with Crippen molar-refractivity contribution in [1.82, 2.24) is 19.9 Å². The molecule has 0 unspecified atom stereocenters. The Kier molecular flexibility index (Phi) is 5.21. The third-order valence-electron chi connectivity index (χ3n) is 4.94. The highest BCUT2D eigenvalue weighted by molar-refractivity contribution is 6.30. The lowest BCUT2D eigenvalue weighted by atomic mass is 10.2. The van der Waals surface area contributed by atoms with Crippen molar-refractivity contribution in [3.05, 3.63) is 108 Å². The van der Waals surface area contributed by atoms with Gasteiger partial charge in [-0.1, -0.05) is 66.2 Å². The summed E-state index contributed by atoms with van der Waals surface area (Å²) in [5, 5.41) is 0.736. The van der Waals surface area contributed by atoms with Crippen LogP contribution in [-0.2, 0) is 0 Å². The van der Waals surface area contributed by atoms with Crippen LogP contribution in [0.2, 0.25) is 5.02 Å². The molecule has 0 atom stereocenters. The number of halogens is 1. The lowest BCUT2D eigenvalue weighted by Gasteiger charge is -1.95. The number of fused-ring (bicyclic) bond motifs is 2. The number of hydrogen-bond acceptors (Lipinski definition) is 2. The number of para-hydroxylation sites is 4. The van der Waals surface area contributed by atoms with Crippen molar-refractivity contribution in [1.29, 1.82) is 0 Å². The quantitative estimate of drug-likeness (QED) is 0.312. The van der Waals surface area contributed by atoms with Crippen molar-refractivity contribution in [2.24, 2.45) is 0 Å². The first-order valence-electron chi connectivity index (χ1n) is 9.97. The topological polar surface area (TPSA) is 57.4 Å². The molecule has 0 aliphatic rings. The first-order valence-corrected chi connectivity index (χ1v) is 10.3. The highest BCUT2D eigenvalue weighted by Gasteiger charge is 2.04. The first-order chi connectivity index (χ1) is 15.3. The zero-order chi connectivity index (χ0) is 21.0. The second kappa shape index (κ2) is 8.46. The summed E-state index contributed by atoms with van der Waals surface area (Å²) >= 11 is 5.85. The molecule has 6 aromatic rings. The van der Waals surface area contributed by atoms with E-state index in [0.29, 0.717) is 0 Å². The largest absolute Gasteiger partial charge is 0.338 e. The number of hydrogen-bond donors (Lipinski definition) is 2. The van der Waals surface area contributed by atoms with Gasteiger partial charge in [-0.2, -0.15) is 0 Å². The van der Waals surface area contributed by atoms with Crippen LogP contribution in [0.5, 0.6) is 0 Å². The van der Waals surface area contributed by atoms with Gasteiger partial charge in [-0.3, -0.25) is 0 Å². The van der Waals surface area contributed by atoms with Crippen LogP contribution in [0.15, 0.2) is 103 Å². The van der Waals surface area contributed by atoms with Crippen molar-refractivity contribution in [3.63, 3.8) is 0 Å². The zero-order valence-corrected chi connectivity index (χ0v) is 17.3. The van der Waals surface area contributed by atoms with Crippen LogP contribution in [0, 0.1) is 0 Å². The standard InChI is InChI=1S/C13H9ClN2.C13H10N2/c14-10-7-5-9(6-8-10)13-15-11-3-1-2-4-12(11)16-13;1-2-6-10(7-3-1)13-14-11-8-4-5-9-12(11)15-13/h1-8H,(H,15,16);1-9H,(H,14,15). The fourth-order valence-electron chi connectivity index (χ4n) is 3.38. The average molecular weight is 423 g/mol. The summed E-state index contributed by atoms with van der Waals surface area (Å²) in [6.45, 7) is 0. The predicted octanol–water partition coefficient (Wildman–Crippen LogP) is 7.11. The first kappa shape index (κ1) is 19.1. The molecule has 0 saturated carbocycles. The Morgan fingerprint density at radius 2 is 0.935 bits per heavy atom. The third kappa shape index (κ3) is 4.20. The number of benzene rings is 4. The van der Waals surface area contributed by atoms with Crippen LogP contribution in [-0.4, -0.2) is 19.9 Å². The number of imidazole rings is 2. The van der Waals surface area contributed by atoms with Crippen molar-refractivity contribution in [2.75, 3.05) is 0 Å². The van der Waals surface area contributed by atoms with Gasteiger partial charge in [-0.05, 0) is 48.5 Å². The van der Waals surface area contributed by atoms with Crippen LogP contribution in [0.1, 0.15) is 0 Å². The molecule has 0 aliphatic carbocycles. The Labute approximate surface area is 184 Å². The number of nitrogens with zero attached hydrogens (tertiary/aromatic N) is 2. The van der Waals surface area contributed by atoms with E-state index < -0.39 is 0 Å². The maximum atomic E-state index is 5.85. The van der Waals surface area contributed by atoms with Gasteiger partial charge in [-0.25, -0.2) is 9.97 Å². The summed E-state index contributed by atoms with van der Waals surface area (Å²) in [6.07, 6.45) is 0. The molecule has 0 bridgehead atoms. The van der Waals surface area contributed by atoms with Crippen LogP contribution < -0.4 is 0 Å². The van der Waals surface area contributed by atoms with Gasteiger partial charge in [0.2, 0.25) is 0 Å². The number of rotatable bonds is 2. The van der Waals surface area contributed by atoms with E-state index >= 15 is 0 Å². The van der Waals surface area contributed by atoms with E-state index in [9.17, 15) is 0 Å². The molecule has 6 rings (SSSR count). The van der Waals surface area contributed by atoms with E-state index in [0.717, 1.165) is 49.9 Å². The minimum absolute atomic E-state index is 0.736. The van der Waals surface area contributed by atoms with Gasteiger partial charge >= 0.3 is 0 Å². The van der Waals surface area contributed by atoms with E-state index in [4.69, 9.17) is 11.6 Å². The van der Waals surface area contributed by atoms with Crippen LogP contribution >= 0.6 is 11.6 Å². The number of H-pyrrole nitrogens is 2. The van der Waals surface area contributed by atoms with Crippen molar-refractivity contribution >= 4 is 33.7 Å². The van der Waals surface area contributed by atoms with E-state index in [2.05, 4.69) is 32.1 Å². The van der Waals surface area contributed by atoms with Gasteiger partial charge < -0.3 is 9.97 Å². The maximum absolute atomic E-state index is 5.85. The summed E-state index contributed by atoms with van der Waals surface area (Å²) in [6, 6.07) is 33.8. The molecule has 2 heterocycles. The van der Waals surface area contributed by atoms with Crippen LogP contribution in [0.4, 0.5) is 0 Å². The van der Waals surface area contributed by atoms with Gasteiger partial charge in [0.1, 0.15) is 11.6 Å². The molecule has 2 aromatic heterocycles. The summed E-state index contributed by atoms with van der Waals surface area (Å²) in [7, 11) is 0. The molecule has 0 radical (unpaired) electrons. The fourth-order valence-corrected chi connectivity index (χ4v) is 3.51. The van der Waals surface area contributed by atoms with Gasteiger partial charge in [0, 0.05) is 16.1 Å². The molecule has 0 fully saturated rings. The normalized spacial score (nSPS) is 10.7. The molecule has 0 aliphatic heterocycles. The van der Waals surface area contributed by atoms with Crippen LogP contribution in [0.3, 0.4) is 0 Å². The summed E-state index contributed by atoms with van der Waals surface area (Å²) in [5.74, 6) is 1.80. The van der Waals surface area contributed by atoms with Crippen molar-refractivity contribution < 1.29 is 0 Å². The molecule has 5 heteroatoms. The second-order valence-corrected chi connectivity index (χ2v) is 7.51. The minimum Gasteiger partial charge on any atom is -0.338 e. The highest BCUT2D eigenvalue weighted by Crippen LogP contribution is 2.22. The van der Waals surface area contributed by atoms with Gasteiger partial charge in [0.05, 0.1) is 22.1 Å². The Balaban J connectivity index is 0.000000132. The Morgan fingerprint density at radius 3 is 1.45 bits per heavy atom. The number of nitrogens with one attached hydrogen (secondary N) is 2. The zero-order valence-electron chi connectivity index (χ0n) is 16.6. The molecule has 0 amide bonds. The molecular formula is C26H19ClN4. The Bertz CT molecular complexity index is 1370. The van der Waals surface area contributed by atoms with Gasteiger partial charge in [0.25, 0.3) is 0 Å². The van der Waals surface area contributed by atoms with E-state index in [1.165, 1.54) is 0 Å². The third-order valence-corrected chi connectivity index (χ3v) is 5.20. The van der Waals surface area contributed by atoms with Crippen molar-refractivity contribution in [3.8, 4) is 22.8 Å². The highest BCUT2D eigenvalue weighted by atomic mass is 35.5. The van der Waals surface area contributed by atoms with Gasteiger partial charge in [-0.15, -0.1) is 0 Å². The van der Waals surface area contributed by atoms with Crippen molar-refractivity contribution in [2.45, 2.75) is 0 Å². The van der Waals surface area contributed by atoms with Crippen LogP contribution in [0.25, 0.3) is 44.8 Å². The average Bonchev–Trinajstić information content (AvgIpc) is 3.45. The molecule has 0 saturated heterocycles.